The quantitative estimate of drug-likeness (QED) is 0.733. The third-order valence-electron chi connectivity index (χ3n) is 5.27. The maximum Gasteiger partial charge on any atom is 0.303 e. The van der Waals surface area contributed by atoms with Crippen LogP contribution < -0.4 is 0 Å². The zero-order valence-electron chi connectivity index (χ0n) is 8.75. The largest absolute Gasteiger partial charge is 0.481 e. The molecule has 0 aromatic rings. The van der Waals surface area contributed by atoms with Crippen molar-refractivity contribution in [3.05, 3.63) is 0 Å². The second-order valence-electron chi connectivity index (χ2n) is 6.20. The zero-order chi connectivity index (χ0) is 9.97. The van der Waals surface area contributed by atoms with Gasteiger partial charge in [-0.25, -0.2) is 0 Å². The standard InChI is InChI=1S/C12H18O2/c1-11-3-8-2-9(4-11)6-12(11,5-8)7-10(13)14/h8-9H,2-7H2,1H3,(H,13,14). The molecule has 1 N–H and O–H groups in total. The van der Waals surface area contributed by atoms with Crippen molar-refractivity contribution in [1.29, 1.82) is 0 Å². The highest BCUT2D eigenvalue weighted by molar-refractivity contribution is 5.68. The third kappa shape index (κ3) is 0.896. The van der Waals surface area contributed by atoms with Crippen LogP contribution in [0.3, 0.4) is 0 Å². The molecule has 2 heteroatoms. The Kier molecular flexibility index (Phi) is 1.46. The van der Waals surface area contributed by atoms with Crippen molar-refractivity contribution in [2.45, 2.75) is 45.4 Å². The van der Waals surface area contributed by atoms with Gasteiger partial charge in [0.2, 0.25) is 0 Å². The second-order valence-corrected chi connectivity index (χ2v) is 6.20. The van der Waals surface area contributed by atoms with E-state index in [0.717, 1.165) is 11.8 Å². The van der Waals surface area contributed by atoms with E-state index in [2.05, 4.69) is 6.92 Å². The first kappa shape index (κ1) is 8.75. The summed E-state index contributed by atoms with van der Waals surface area (Å²) in [6.45, 7) is 2.34. The Balaban J connectivity index is 1.96. The fourth-order valence-electron chi connectivity index (χ4n) is 5.07. The first-order valence-electron chi connectivity index (χ1n) is 5.75. The Bertz CT molecular complexity index is 281. The smallest absolute Gasteiger partial charge is 0.303 e. The minimum Gasteiger partial charge on any atom is -0.481 e. The van der Waals surface area contributed by atoms with Crippen LogP contribution in [0, 0.1) is 22.7 Å². The topological polar surface area (TPSA) is 37.3 Å². The molecule has 4 aliphatic rings. The number of carboxylic acids is 1. The van der Waals surface area contributed by atoms with Crippen molar-refractivity contribution in [2.24, 2.45) is 22.7 Å². The van der Waals surface area contributed by atoms with Gasteiger partial charge < -0.3 is 5.11 Å². The van der Waals surface area contributed by atoms with Crippen LogP contribution in [0.15, 0.2) is 0 Å². The lowest BCUT2D eigenvalue weighted by molar-refractivity contribution is -0.141. The van der Waals surface area contributed by atoms with Crippen molar-refractivity contribution in [3.63, 3.8) is 0 Å². The Labute approximate surface area is 84.7 Å². The second kappa shape index (κ2) is 2.34. The maximum absolute atomic E-state index is 11.0. The number of rotatable bonds is 2. The predicted molar refractivity (Wildman–Crippen MR) is 52.9 cm³/mol. The monoisotopic (exact) mass is 194 g/mol. The number of hydrogen-bond donors (Lipinski definition) is 1. The number of hydrogen-bond acceptors (Lipinski definition) is 1. The van der Waals surface area contributed by atoms with Gasteiger partial charge >= 0.3 is 5.97 Å². The average molecular weight is 194 g/mol. The fraction of sp³-hybridized carbons (Fsp3) is 0.917. The van der Waals surface area contributed by atoms with Crippen LogP contribution in [0.5, 0.6) is 0 Å². The summed E-state index contributed by atoms with van der Waals surface area (Å²) in [7, 11) is 0. The Hall–Kier alpha value is -0.530. The summed E-state index contributed by atoms with van der Waals surface area (Å²) in [5, 5.41) is 9.03. The highest BCUT2D eigenvalue weighted by Crippen LogP contribution is 2.73. The van der Waals surface area contributed by atoms with Crippen molar-refractivity contribution >= 4 is 5.97 Å². The van der Waals surface area contributed by atoms with Crippen LogP contribution in [-0.4, -0.2) is 11.1 Å². The van der Waals surface area contributed by atoms with E-state index in [9.17, 15) is 4.79 Å². The molecule has 0 radical (unpaired) electrons. The average Bonchev–Trinajstić information content (AvgIpc) is 2.26. The molecule has 78 valence electrons. The van der Waals surface area contributed by atoms with Crippen molar-refractivity contribution in [3.8, 4) is 0 Å². The van der Waals surface area contributed by atoms with Crippen molar-refractivity contribution in [1.82, 2.24) is 0 Å². The van der Waals surface area contributed by atoms with Crippen molar-refractivity contribution in [2.75, 3.05) is 0 Å². The summed E-state index contributed by atoms with van der Waals surface area (Å²) in [5.74, 6) is 1.12. The van der Waals surface area contributed by atoms with Crippen LogP contribution in [0.1, 0.15) is 45.4 Å². The van der Waals surface area contributed by atoms with E-state index in [4.69, 9.17) is 5.11 Å². The van der Waals surface area contributed by atoms with Gasteiger partial charge in [0.1, 0.15) is 0 Å². The van der Waals surface area contributed by atoms with E-state index in [1.807, 2.05) is 0 Å². The predicted octanol–water partition coefficient (Wildman–Crippen LogP) is 2.68. The molecule has 0 aromatic carbocycles. The summed E-state index contributed by atoms with van der Waals surface area (Å²) in [6, 6.07) is 0. The van der Waals surface area contributed by atoms with Gasteiger partial charge in [-0.1, -0.05) is 6.92 Å². The number of carboxylic acid groups (broad SMARTS) is 1. The van der Waals surface area contributed by atoms with E-state index in [-0.39, 0.29) is 5.41 Å². The summed E-state index contributed by atoms with van der Waals surface area (Å²) < 4.78 is 0. The van der Waals surface area contributed by atoms with Crippen LogP contribution in [0.4, 0.5) is 0 Å². The normalized spacial score (nSPS) is 54.1. The molecule has 4 bridgehead atoms. The molecule has 0 saturated heterocycles. The van der Waals surface area contributed by atoms with Crippen LogP contribution in [0.25, 0.3) is 0 Å². The molecule has 14 heavy (non-hydrogen) atoms. The fourth-order valence-corrected chi connectivity index (χ4v) is 5.07. The van der Waals surface area contributed by atoms with Crippen molar-refractivity contribution < 1.29 is 9.90 Å². The molecule has 4 saturated carbocycles. The first-order chi connectivity index (χ1) is 6.53. The van der Waals surface area contributed by atoms with Crippen LogP contribution in [0.2, 0.25) is 0 Å². The molecule has 0 heterocycles. The van der Waals surface area contributed by atoms with E-state index >= 15 is 0 Å². The number of aliphatic carboxylic acids is 1. The third-order valence-corrected chi connectivity index (χ3v) is 5.27. The summed E-state index contributed by atoms with van der Waals surface area (Å²) in [4.78, 5) is 11.0. The van der Waals surface area contributed by atoms with Gasteiger partial charge in [-0.2, -0.15) is 0 Å². The van der Waals surface area contributed by atoms with Crippen LogP contribution >= 0.6 is 0 Å². The van der Waals surface area contributed by atoms with Gasteiger partial charge in [0.25, 0.3) is 0 Å². The van der Waals surface area contributed by atoms with E-state index in [1.54, 1.807) is 0 Å². The minimum atomic E-state index is -0.584. The molecular weight excluding hydrogens is 176 g/mol. The summed E-state index contributed by atoms with van der Waals surface area (Å²) in [6.07, 6.45) is 6.82. The van der Waals surface area contributed by atoms with E-state index in [1.165, 1.54) is 32.1 Å². The molecule has 0 spiro atoms. The lowest BCUT2D eigenvalue weighted by Crippen LogP contribution is -2.32. The molecule has 0 amide bonds. The van der Waals surface area contributed by atoms with Gasteiger partial charge in [-0.3, -0.25) is 4.79 Å². The summed E-state index contributed by atoms with van der Waals surface area (Å²) >= 11 is 0. The minimum absolute atomic E-state index is 0.187. The lowest BCUT2D eigenvalue weighted by atomic mass is 9.67. The molecule has 2 nitrogen and oxygen atoms in total. The highest BCUT2D eigenvalue weighted by Gasteiger charge is 2.64. The zero-order valence-corrected chi connectivity index (χ0v) is 8.75. The molecule has 4 aliphatic carbocycles. The molecule has 0 aliphatic heterocycles. The SMILES string of the molecule is CC12CC3CC(C1)CC2(CC(=O)O)C3. The molecular formula is C12H18O2. The van der Waals surface area contributed by atoms with Gasteiger partial charge in [0, 0.05) is 0 Å². The maximum atomic E-state index is 11.0. The molecule has 2 atom stereocenters. The number of carbonyl (C=O) groups is 1. The van der Waals surface area contributed by atoms with E-state index < -0.39 is 5.97 Å². The van der Waals surface area contributed by atoms with Gasteiger partial charge in [-0.05, 0) is 54.8 Å². The first-order valence-corrected chi connectivity index (χ1v) is 5.75. The highest BCUT2D eigenvalue weighted by atomic mass is 16.4. The Morgan fingerprint density at radius 1 is 1.29 bits per heavy atom. The Morgan fingerprint density at radius 3 is 2.36 bits per heavy atom. The lowest BCUT2D eigenvalue weighted by Gasteiger charge is -2.36. The molecule has 4 rings (SSSR count). The van der Waals surface area contributed by atoms with Crippen LogP contribution in [-0.2, 0) is 4.79 Å². The molecule has 4 fully saturated rings. The molecule has 0 aromatic heterocycles. The Morgan fingerprint density at radius 2 is 1.86 bits per heavy atom. The van der Waals surface area contributed by atoms with Gasteiger partial charge in [0.15, 0.2) is 0 Å². The van der Waals surface area contributed by atoms with Gasteiger partial charge in [-0.15, -0.1) is 0 Å². The van der Waals surface area contributed by atoms with E-state index in [0.29, 0.717) is 11.8 Å². The van der Waals surface area contributed by atoms with Gasteiger partial charge in [0.05, 0.1) is 6.42 Å². The summed E-state index contributed by atoms with van der Waals surface area (Å²) in [5.41, 5.74) is 0.561. The molecule has 2 unspecified atom stereocenters.